The van der Waals surface area contributed by atoms with E-state index in [2.05, 4.69) is 0 Å². The summed E-state index contributed by atoms with van der Waals surface area (Å²) < 4.78 is 23.5. The molecule has 0 saturated heterocycles. The van der Waals surface area contributed by atoms with Crippen LogP contribution in [-0.4, -0.2) is 67.5 Å². The lowest BCUT2D eigenvalue weighted by Crippen LogP contribution is -2.47. The van der Waals surface area contributed by atoms with Crippen LogP contribution in [0.1, 0.15) is 5.56 Å². The van der Waals surface area contributed by atoms with Crippen LogP contribution in [0.4, 0.5) is 0 Å². The van der Waals surface area contributed by atoms with E-state index >= 15 is 0 Å². The molecule has 0 aliphatic carbocycles. The molecule has 1 atom stereocenters. The standard InChI is InChI=1S/C14H20N2O5S/c1-15(22(3,20)21)10-13(17)16(2)12(14(18)19)9-11-7-5-4-6-8-11/h4-8,12H,9-10H2,1-3H3,(H,18,19). The van der Waals surface area contributed by atoms with Crippen LogP contribution in [0.3, 0.4) is 0 Å². The predicted molar refractivity (Wildman–Crippen MR) is 81.8 cm³/mol. The van der Waals surface area contributed by atoms with E-state index in [1.807, 2.05) is 6.07 Å². The quantitative estimate of drug-likeness (QED) is 0.762. The van der Waals surface area contributed by atoms with Crippen LogP contribution >= 0.6 is 0 Å². The molecule has 1 N–H and O–H groups in total. The summed E-state index contributed by atoms with van der Waals surface area (Å²) in [5.74, 6) is -1.71. The normalized spacial score (nSPS) is 12.9. The first-order chi connectivity index (χ1) is 10.1. The van der Waals surface area contributed by atoms with Crippen molar-refractivity contribution < 1.29 is 23.1 Å². The number of rotatable bonds is 7. The number of benzene rings is 1. The molecule has 0 saturated carbocycles. The SMILES string of the molecule is CN(C(=O)CN(C)S(C)(=O)=O)C(Cc1ccccc1)C(=O)O. The highest BCUT2D eigenvalue weighted by Crippen LogP contribution is 2.09. The Kier molecular flexibility index (Phi) is 6.07. The van der Waals surface area contributed by atoms with Crippen molar-refractivity contribution in [3.05, 3.63) is 35.9 Å². The summed E-state index contributed by atoms with van der Waals surface area (Å²) >= 11 is 0. The highest BCUT2D eigenvalue weighted by atomic mass is 32.2. The van der Waals surface area contributed by atoms with E-state index in [9.17, 15) is 23.1 Å². The Labute approximate surface area is 130 Å². The lowest BCUT2D eigenvalue weighted by Gasteiger charge is -2.26. The summed E-state index contributed by atoms with van der Waals surface area (Å²) in [6.07, 6.45) is 1.14. The molecule has 0 radical (unpaired) electrons. The Balaban J connectivity index is 2.83. The van der Waals surface area contributed by atoms with Crippen molar-refractivity contribution in [2.24, 2.45) is 0 Å². The third-order valence-corrected chi connectivity index (χ3v) is 4.60. The van der Waals surface area contributed by atoms with Crippen LogP contribution in [0.2, 0.25) is 0 Å². The average Bonchev–Trinajstić information content (AvgIpc) is 2.43. The molecular formula is C14H20N2O5S. The first kappa shape index (κ1) is 18.1. The number of nitrogens with zero attached hydrogens (tertiary/aromatic N) is 2. The number of likely N-dealkylation sites (N-methyl/N-ethyl adjacent to an activating group) is 2. The molecule has 1 aromatic rings. The highest BCUT2D eigenvalue weighted by Gasteiger charge is 2.28. The van der Waals surface area contributed by atoms with E-state index in [-0.39, 0.29) is 6.42 Å². The van der Waals surface area contributed by atoms with Gasteiger partial charge in [-0.3, -0.25) is 4.79 Å². The van der Waals surface area contributed by atoms with Crippen LogP contribution < -0.4 is 0 Å². The Morgan fingerprint density at radius 3 is 2.18 bits per heavy atom. The fourth-order valence-corrected chi connectivity index (χ4v) is 2.17. The molecule has 0 fully saturated rings. The maximum atomic E-state index is 12.1. The number of sulfonamides is 1. The highest BCUT2D eigenvalue weighted by molar-refractivity contribution is 7.88. The van der Waals surface area contributed by atoms with E-state index in [4.69, 9.17) is 0 Å². The molecule has 8 heteroatoms. The zero-order valence-electron chi connectivity index (χ0n) is 12.8. The molecule has 1 rings (SSSR count). The van der Waals surface area contributed by atoms with Gasteiger partial charge in [-0.25, -0.2) is 13.2 Å². The Hall–Kier alpha value is -1.93. The summed E-state index contributed by atoms with van der Waals surface area (Å²) in [5, 5.41) is 9.32. The minimum atomic E-state index is -3.50. The molecule has 7 nitrogen and oxygen atoms in total. The summed E-state index contributed by atoms with van der Waals surface area (Å²) in [6, 6.07) is 7.88. The van der Waals surface area contributed by atoms with Crippen LogP contribution in [0.25, 0.3) is 0 Å². The van der Waals surface area contributed by atoms with Gasteiger partial charge in [-0.2, -0.15) is 4.31 Å². The van der Waals surface area contributed by atoms with Gasteiger partial charge in [-0.05, 0) is 5.56 Å². The lowest BCUT2D eigenvalue weighted by molar-refractivity contribution is -0.149. The van der Waals surface area contributed by atoms with E-state index in [0.29, 0.717) is 0 Å². The van der Waals surface area contributed by atoms with Gasteiger partial charge in [0.25, 0.3) is 0 Å². The van der Waals surface area contributed by atoms with Gasteiger partial charge in [0.1, 0.15) is 6.04 Å². The second-order valence-electron chi connectivity index (χ2n) is 5.07. The molecule has 1 unspecified atom stereocenters. The number of hydrogen-bond donors (Lipinski definition) is 1. The number of carbonyl (C=O) groups excluding carboxylic acids is 1. The zero-order valence-corrected chi connectivity index (χ0v) is 13.6. The van der Waals surface area contributed by atoms with Crippen LogP contribution in [0.15, 0.2) is 30.3 Å². The van der Waals surface area contributed by atoms with E-state index in [1.165, 1.54) is 14.1 Å². The maximum absolute atomic E-state index is 12.1. The molecule has 0 aliphatic heterocycles. The van der Waals surface area contributed by atoms with Crippen molar-refractivity contribution in [3.63, 3.8) is 0 Å². The summed E-state index contributed by atoms with van der Waals surface area (Å²) in [4.78, 5) is 24.6. The van der Waals surface area contributed by atoms with Crippen molar-refractivity contribution in [3.8, 4) is 0 Å². The van der Waals surface area contributed by atoms with Crippen LogP contribution in [0, 0.1) is 0 Å². The molecule has 22 heavy (non-hydrogen) atoms. The maximum Gasteiger partial charge on any atom is 0.326 e. The van der Waals surface area contributed by atoms with E-state index in [1.54, 1.807) is 24.3 Å². The van der Waals surface area contributed by atoms with Crippen molar-refractivity contribution in [2.45, 2.75) is 12.5 Å². The Bertz CT molecular complexity index is 630. The number of hydrogen-bond acceptors (Lipinski definition) is 4. The second-order valence-corrected chi connectivity index (χ2v) is 7.16. The topological polar surface area (TPSA) is 95.0 Å². The van der Waals surface area contributed by atoms with Crippen LogP contribution in [-0.2, 0) is 26.0 Å². The first-order valence-electron chi connectivity index (χ1n) is 6.56. The van der Waals surface area contributed by atoms with Crippen molar-refractivity contribution in [2.75, 3.05) is 26.9 Å². The van der Waals surface area contributed by atoms with Gasteiger partial charge in [0.05, 0.1) is 12.8 Å². The van der Waals surface area contributed by atoms with Gasteiger partial charge in [-0.15, -0.1) is 0 Å². The average molecular weight is 328 g/mol. The largest absolute Gasteiger partial charge is 0.480 e. The van der Waals surface area contributed by atoms with Gasteiger partial charge < -0.3 is 10.0 Å². The van der Waals surface area contributed by atoms with E-state index in [0.717, 1.165) is 21.0 Å². The van der Waals surface area contributed by atoms with E-state index < -0.39 is 34.5 Å². The third-order valence-electron chi connectivity index (χ3n) is 3.34. The Morgan fingerprint density at radius 1 is 1.18 bits per heavy atom. The van der Waals surface area contributed by atoms with Crippen molar-refractivity contribution in [1.82, 2.24) is 9.21 Å². The van der Waals surface area contributed by atoms with Gasteiger partial charge in [0, 0.05) is 20.5 Å². The molecule has 122 valence electrons. The molecule has 1 aromatic carbocycles. The molecule has 1 amide bonds. The molecule has 0 aliphatic rings. The molecule has 0 heterocycles. The van der Waals surface area contributed by atoms with Gasteiger partial charge in [0.2, 0.25) is 15.9 Å². The second kappa shape index (κ2) is 7.37. The zero-order chi connectivity index (χ0) is 16.9. The van der Waals surface area contributed by atoms with Crippen LogP contribution in [0.5, 0.6) is 0 Å². The molecule has 0 bridgehead atoms. The monoisotopic (exact) mass is 328 g/mol. The minimum absolute atomic E-state index is 0.154. The number of carboxylic acids is 1. The minimum Gasteiger partial charge on any atom is -0.480 e. The van der Waals surface area contributed by atoms with Gasteiger partial charge in [0.15, 0.2) is 0 Å². The molecule has 0 aromatic heterocycles. The fraction of sp³-hybridized carbons (Fsp3) is 0.429. The summed E-state index contributed by atoms with van der Waals surface area (Å²) in [7, 11) is -0.865. The van der Waals surface area contributed by atoms with Crippen molar-refractivity contribution >= 4 is 21.9 Å². The third kappa shape index (κ3) is 5.12. The molecular weight excluding hydrogens is 308 g/mol. The smallest absolute Gasteiger partial charge is 0.326 e. The predicted octanol–water partition coefficient (Wildman–Crippen LogP) is 0.0321. The Morgan fingerprint density at radius 2 is 1.73 bits per heavy atom. The first-order valence-corrected chi connectivity index (χ1v) is 8.41. The summed E-state index contributed by atoms with van der Waals surface area (Å²) in [6.45, 7) is -0.395. The fourth-order valence-electron chi connectivity index (χ4n) is 1.82. The number of amides is 1. The number of aliphatic carboxylic acids is 1. The lowest BCUT2D eigenvalue weighted by atomic mass is 10.1. The van der Waals surface area contributed by atoms with Gasteiger partial charge in [-0.1, -0.05) is 30.3 Å². The van der Waals surface area contributed by atoms with Gasteiger partial charge >= 0.3 is 5.97 Å². The summed E-state index contributed by atoms with van der Waals surface area (Å²) in [5.41, 5.74) is 0.783. The molecule has 0 spiro atoms. The van der Waals surface area contributed by atoms with Crippen molar-refractivity contribution in [1.29, 1.82) is 0 Å². The number of carbonyl (C=O) groups is 2. The number of carboxylic acid groups (broad SMARTS) is 1.